The summed E-state index contributed by atoms with van der Waals surface area (Å²) in [5.74, 6) is -0.274. The van der Waals surface area contributed by atoms with E-state index in [2.05, 4.69) is 15.5 Å². The summed E-state index contributed by atoms with van der Waals surface area (Å²) in [4.78, 5) is 25.4. The molecule has 1 N–H and O–H groups in total. The fourth-order valence-corrected chi connectivity index (χ4v) is 3.41. The first kappa shape index (κ1) is 19.6. The van der Waals surface area contributed by atoms with E-state index in [4.69, 9.17) is 0 Å². The average Bonchev–Trinajstić information content (AvgIpc) is 3.31. The van der Waals surface area contributed by atoms with Crippen molar-refractivity contribution in [2.75, 3.05) is 6.54 Å². The molecule has 0 atom stereocenters. The number of benzene rings is 2. The maximum atomic E-state index is 12.8. The minimum absolute atomic E-state index is 0.165. The molecule has 0 radical (unpaired) electrons. The second kappa shape index (κ2) is 8.73. The Morgan fingerprint density at radius 1 is 1.03 bits per heavy atom. The number of nitrogens with one attached hydrogen (secondary N) is 1. The lowest BCUT2D eigenvalue weighted by molar-refractivity contribution is 0.0948. The van der Waals surface area contributed by atoms with E-state index in [1.807, 2.05) is 49.5 Å². The van der Waals surface area contributed by atoms with Crippen molar-refractivity contribution in [3.8, 4) is 5.69 Å². The first-order valence-electron chi connectivity index (χ1n) is 10.0. The van der Waals surface area contributed by atoms with Crippen LogP contribution in [0, 0.1) is 0 Å². The number of carbonyl (C=O) groups excluding carboxylic acids is 1. The lowest BCUT2D eigenvalue weighted by Crippen LogP contribution is -2.31. The first-order valence-corrected chi connectivity index (χ1v) is 10.0. The summed E-state index contributed by atoms with van der Waals surface area (Å²) in [6.45, 7) is 2.93. The zero-order valence-electron chi connectivity index (χ0n) is 16.8. The number of aromatic nitrogens is 4. The highest BCUT2D eigenvalue weighted by Crippen LogP contribution is 2.14. The van der Waals surface area contributed by atoms with Gasteiger partial charge in [0.05, 0.1) is 11.1 Å². The molecule has 2 aromatic heterocycles. The molecule has 4 rings (SSSR count). The number of amides is 1. The summed E-state index contributed by atoms with van der Waals surface area (Å²) in [5, 5.41) is 12.6. The molecule has 2 aromatic carbocycles. The van der Waals surface area contributed by atoms with Crippen LogP contribution in [0.25, 0.3) is 16.5 Å². The Labute approximate surface area is 174 Å². The van der Waals surface area contributed by atoms with Crippen LogP contribution in [0.4, 0.5) is 0 Å². The monoisotopic (exact) mass is 401 g/mol. The van der Waals surface area contributed by atoms with Gasteiger partial charge in [0.2, 0.25) is 0 Å². The van der Waals surface area contributed by atoms with Gasteiger partial charge >= 0.3 is 0 Å². The fourth-order valence-electron chi connectivity index (χ4n) is 3.41. The summed E-state index contributed by atoms with van der Waals surface area (Å²) in [6, 6.07) is 17.0. The highest BCUT2D eigenvalue weighted by Gasteiger charge is 2.16. The van der Waals surface area contributed by atoms with Gasteiger partial charge in [-0.15, -0.1) is 0 Å². The predicted molar refractivity (Wildman–Crippen MR) is 116 cm³/mol. The predicted octanol–water partition coefficient (Wildman–Crippen LogP) is 2.96. The van der Waals surface area contributed by atoms with Gasteiger partial charge in [-0.1, -0.05) is 37.3 Å². The van der Waals surface area contributed by atoms with Gasteiger partial charge in [0.15, 0.2) is 5.69 Å². The van der Waals surface area contributed by atoms with E-state index in [1.165, 1.54) is 4.68 Å². The molecule has 0 fully saturated rings. The highest BCUT2D eigenvalue weighted by atomic mass is 16.2. The summed E-state index contributed by atoms with van der Waals surface area (Å²) >= 11 is 0. The van der Waals surface area contributed by atoms with Gasteiger partial charge in [0, 0.05) is 30.9 Å². The van der Waals surface area contributed by atoms with Crippen molar-refractivity contribution < 1.29 is 4.79 Å². The van der Waals surface area contributed by atoms with Crippen molar-refractivity contribution >= 4 is 16.7 Å². The summed E-state index contributed by atoms with van der Waals surface area (Å²) in [7, 11) is 0. The Hall–Kier alpha value is -3.74. The third-order valence-electron chi connectivity index (χ3n) is 4.92. The second-order valence-corrected chi connectivity index (χ2v) is 7.05. The largest absolute Gasteiger partial charge is 0.350 e. The summed E-state index contributed by atoms with van der Waals surface area (Å²) in [6.07, 6.45) is 5.09. The standard InChI is InChI=1S/C23H23N5O2/c1-2-15-28-23(30)20-7-4-3-6-19(20)21(26-28)22(29)24-14-12-17-8-10-18(11-9-17)27-16-5-13-25-27/h3-11,13,16H,2,12,14-15H2,1H3,(H,24,29). The van der Waals surface area contributed by atoms with Crippen LogP contribution in [0.15, 0.2) is 71.8 Å². The van der Waals surface area contributed by atoms with E-state index in [0.29, 0.717) is 30.3 Å². The number of hydrogen-bond donors (Lipinski definition) is 1. The fraction of sp³-hybridized carbons (Fsp3) is 0.217. The van der Waals surface area contributed by atoms with E-state index in [0.717, 1.165) is 17.7 Å². The first-order chi connectivity index (χ1) is 14.7. The molecule has 0 spiro atoms. The molecular weight excluding hydrogens is 378 g/mol. The molecule has 0 aliphatic heterocycles. The smallest absolute Gasteiger partial charge is 0.274 e. The summed E-state index contributed by atoms with van der Waals surface area (Å²) in [5.41, 5.74) is 2.22. The van der Waals surface area contributed by atoms with Crippen LogP contribution in [0.3, 0.4) is 0 Å². The second-order valence-electron chi connectivity index (χ2n) is 7.05. The van der Waals surface area contributed by atoms with Crippen LogP contribution in [-0.4, -0.2) is 32.0 Å². The summed E-state index contributed by atoms with van der Waals surface area (Å²) < 4.78 is 3.18. The molecule has 2 heterocycles. The van der Waals surface area contributed by atoms with E-state index in [-0.39, 0.29) is 17.2 Å². The average molecular weight is 401 g/mol. The number of carbonyl (C=O) groups is 1. The zero-order chi connectivity index (χ0) is 20.9. The van der Waals surface area contributed by atoms with Gasteiger partial charge in [-0.05, 0) is 42.7 Å². The zero-order valence-corrected chi connectivity index (χ0v) is 16.8. The Balaban J connectivity index is 1.47. The van der Waals surface area contributed by atoms with Gasteiger partial charge in [0.1, 0.15) is 0 Å². The normalized spacial score (nSPS) is 11.0. The van der Waals surface area contributed by atoms with E-state index in [1.54, 1.807) is 29.1 Å². The molecule has 7 nitrogen and oxygen atoms in total. The van der Waals surface area contributed by atoms with Crippen LogP contribution >= 0.6 is 0 Å². The molecule has 1 amide bonds. The van der Waals surface area contributed by atoms with Crippen LogP contribution in [0.5, 0.6) is 0 Å². The molecule has 30 heavy (non-hydrogen) atoms. The highest BCUT2D eigenvalue weighted by molar-refractivity contribution is 6.04. The lowest BCUT2D eigenvalue weighted by atomic mass is 10.1. The maximum Gasteiger partial charge on any atom is 0.274 e. The molecule has 0 saturated carbocycles. The van der Waals surface area contributed by atoms with Crippen molar-refractivity contribution in [1.29, 1.82) is 0 Å². The molecular formula is C23H23N5O2. The number of rotatable bonds is 7. The van der Waals surface area contributed by atoms with Crippen LogP contribution in [0.2, 0.25) is 0 Å². The molecule has 0 aliphatic carbocycles. The minimum Gasteiger partial charge on any atom is -0.350 e. The molecule has 0 saturated heterocycles. The number of hydrogen-bond acceptors (Lipinski definition) is 4. The van der Waals surface area contributed by atoms with E-state index < -0.39 is 0 Å². The van der Waals surface area contributed by atoms with Crippen molar-refractivity contribution in [2.45, 2.75) is 26.3 Å². The number of aryl methyl sites for hydroxylation is 1. The molecule has 152 valence electrons. The van der Waals surface area contributed by atoms with Crippen molar-refractivity contribution in [2.24, 2.45) is 0 Å². The maximum absolute atomic E-state index is 12.8. The van der Waals surface area contributed by atoms with Gasteiger partial charge in [0.25, 0.3) is 11.5 Å². The van der Waals surface area contributed by atoms with Crippen LogP contribution < -0.4 is 10.9 Å². The SMILES string of the molecule is CCCn1nc(C(=O)NCCc2ccc(-n3cccn3)cc2)c2ccccc2c1=O. The number of fused-ring (bicyclic) bond motifs is 1. The molecule has 0 aliphatic rings. The Bertz CT molecular complexity index is 1210. The molecule has 7 heteroatoms. The van der Waals surface area contributed by atoms with Crippen molar-refractivity contribution in [3.05, 3.63) is 88.6 Å². The van der Waals surface area contributed by atoms with Gasteiger partial charge in [-0.3, -0.25) is 9.59 Å². The topological polar surface area (TPSA) is 81.8 Å². The third-order valence-corrected chi connectivity index (χ3v) is 4.92. The lowest BCUT2D eigenvalue weighted by Gasteiger charge is -2.11. The molecule has 0 bridgehead atoms. The van der Waals surface area contributed by atoms with Gasteiger partial charge in [-0.25, -0.2) is 9.36 Å². The van der Waals surface area contributed by atoms with Gasteiger partial charge in [-0.2, -0.15) is 10.2 Å². The van der Waals surface area contributed by atoms with Crippen LogP contribution in [0.1, 0.15) is 29.4 Å². The Morgan fingerprint density at radius 3 is 2.50 bits per heavy atom. The van der Waals surface area contributed by atoms with E-state index >= 15 is 0 Å². The molecule has 0 unspecified atom stereocenters. The Kier molecular flexibility index (Phi) is 5.70. The van der Waals surface area contributed by atoms with Crippen LogP contribution in [-0.2, 0) is 13.0 Å². The number of nitrogens with zero attached hydrogens (tertiary/aromatic N) is 4. The van der Waals surface area contributed by atoms with Crippen molar-refractivity contribution in [3.63, 3.8) is 0 Å². The van der Waals surface area contributed by atoms with Gasteiger partial charge < -0.3 is 5.32 Å². The quantitative estimate of drug-likeness (QED) is 0.516. The van der Waals surface area contributed by atoms with Crippen molar-refractivity contribution in [1.82, 2.24) is 24.9 Å². The molecule has 4 aromatic rings. The third kappa shape index (κ3) is 4.00. The van der Waals surface area contributed by atoms with E-state index in [9.17, 15) is 9.59 Å². The minimum atomic E-state index is -0.274. The Morgan fingerprint density at radius 2 is 1.80 bits per heavy atom.